The first-order valence-electron chi connectivity index (χ1n) is 4.90. The molecule has 1 heterocycles. The number of anilines is 2. The molecule has 14 heavy (non-hydrogen) atoms. The zero-order chi connectivity index (χ0) is 9.97. The Labute approximate surface area is 88.7 Å². The zero-order valence-corrected chi connectivity index (χ0v) is 8.72. The van der Waals surface area contributed by atoms with Gasteiger partial charge < -0.3 is 11.1 Å². The Morgan fingerprint density at radius 2 is 2.36 bits per heavy atom. The van der Waals surface area contributed by atoms with Crippen LogP contribution in [0.5, 0.6) is 0 Å². The van der Waals surface area contributed by atoms with Crippen molar-refractivity contribution in [2.24, 2.45) is 5.92 Å². The van der Waals surface area contributed by atoms with Crippen molar-refractivity contribution in [2.45, 2.75) is 19.3 Å². The standard InChI is InChI=1S/C10H14ClN3/c11-8-5-9(12)10(14-6-8)13-4-3-7-1-2-7/h5-7H,1-4,12H2,(H,13,14). The Morgan fingerprint density at radius 3 is 3.00 bits per heavy atom. The van der Waals surface area contributed by atoms with Gasteiger partial charge in [0.2, 0.25) is 0 Å². The number of nitrogens with one attached hydrogen (secondary N) is 1. The first kappa shape index (κ1) is 9.59. The van der Waals surface area contributed by atoms with E-state index in [4.69, 9.17) is 17.3 Å². The second-order valence-electron chi connectivity index (χ2n) is 3.75. The molecule has 0 atom stereocenters. The number of pyridine rings is 1. The van der Waals surface area contributed by atoms with Crippen LogP contribution in [0, 0.1) is 5.92 Å². The lowest BCUT2D eigenvalue weighted by Gasteiger charge is -2.07. The predicted molar refractivity (Wildman–Crippen MR) is 59.5 cm³/mol. The molecule has 4 heteroatoms. The van der Waals surface area contributed by atoms with Gasteiger partial charge in [-0.15, -0.1) is 0 Å². The number of nitrogens with two attached hydrogens (primary N) is 1. The van der Waals surface area contributed by atoms with Gasteiger partial charge in [-0.1, -0.05) is 24.4 Å². The summed E-state index contributed by atoms with van der Waals surface area (Å²) in [6.07, 6.45) is 5.58. The average Bonchev–Trinajstić information content (AvgIpc) is 2.92. The smallest absolute Gasteiger partial charge is 0.149 e. The van der Waals surface area contributed by atoms with Crippen LogP contribution in [0.25, 0.3) is 0 Å². The second kappa shape index (κ2) is 4.05. The minimum Gasteiger partial charge on any atom is -0.396 e. The Balaban J connectivity index is 1.87. The molecule has 1 aromatic rings. The maximum absolute atomic E-state index is 5.74. The summed E-state index contributed by atoms with van der Waals surface area (Å²) in [4.78, 5) is 4.13. The lowest BCUT2D eigenvalue weighted by atomic mass is 10.3. The van der Waals surface area contributed by atoms with E-state index in [1.54, 1.807) is 12.3 Å². The molecule has 76 valence electrons. The van der Waals surface area contributed by atoms with Gasteiger partial charge in [-0.3, -0.25) is 0 Å². The number of aromatic nitrogens is 1. The van der Waals surface area contributed by atoms with Crippen LogP contribution >= 0.6 is 11.6 Å². The van der Waals surface area contributed by atoms with Crippen LogP contribution in [0.1, 0.15) is 19.3 Å². The van der Waals surface area contributed by atoms with Crippen LogP contribution < -0.4 is 11.1 Å². The van der Waals surface area contributed by atoms with Gasteiger partial charge in [0.15, 0.2) is 0 Å². The molecule has 1 aromatic heterocycles. The summed E-state index contributed by atoms with van der Waals surface area (Å²) >= 11 is 5.74. The fourth-order valence-electron chi connectivity index (χ4n) is 1.40. The Kier molecular flexibility index (Phi) is 2.77. The molecule has 3 N–H and O–H groups in total. The van der Waals surface area contributed by atoms with Crippen molar-refractivity contribution in [3.8, 4) is 0 Å². The van der Waals surface area contributed by atoms with Gasteiger partial charge in [0, 0.05) is 12.7 Å². The van der Waals surface area contributed by atoms with Crippen LogP contribution in [0.2, 0.25) is 5.02 Å². The fraction of sp³-hybridized carbons (Fsp3) is 0.500. The third kappa shape index (κ3) is 2.51. The summed E-state index contributed by atoms with van der Waals surface area (Å²) in [5, 5.41) is 3.80. The van der Waals surface area contributed by atoms with E-state index in [1.807, 2.05) is 0 Å². The summed E-state index contributed by atoms with van der Waals surface area (Å²) in [7, 11) is 0. The molecule has 0 amide bonds. The van der Waals surface area contributed by atoms with Gasteiger partial charge >= 0.3 is 0 Å². The average molecular weight is 212 g/mol. The minimum absolute atomic E-state index is 0.579. The summed E-state index contributed by atoms with van der Waals surface area (Å²) in [6.45, 7) is 0.948. The third-order valence-electron chi connectivity index (χ3n) is 2.43. The van der Waals surface area contributed by atoms with Crippen molar-refractivity contribution < 1.29 is 0 Å². The van der Waals surface area contributed by atoms with Gasteiger partial charge in [0.05, 0.1) is 10.7 Å². The Morgan fingerprint density at radius 1 is 1.57 bits per heavy atom. The number of hydrogen-bond donors (Lipinski definition) is 2. The van der Waals surface area contributed by atoms with Gasteiger partial charge in [0.1, 0.15) is 5.82 Å². The summed E-state index contributed by atoms with van der Waals surface area (Å²) in [5.41, 5.74) is 6.36. The van der Waals surface area contributed by atoms with Crippen molar-refractivity contribution in [3.63, 3.8) is 0 Å². The maximum atomic E-state index is 5.74. The maximum Gasteiger partial charge on any atom is 0.149 e. The Bertz CT molecular complexity index is 323. The molecule has 3 nitrogen and oxygen atoms in total. The molecular weight excluding hydrogens is 198 g/mol. The number of rotatable bonds is 4. The number of hydrogen-bond acceptors (Lipinski definition) is 3. The highest BCUT2D eigenvalue weighted by Gasteiger charge is 2.20. The highest BCUT2D eigenvalue weighted by molar-refractivity contribution is 6.30. The molecule has 2 rings (SSSR count). The van der Waals surface area contributed by atoms with Gasteiger partial charge in [-0.05, 0) is 18.4 Å². The van der Waals surface area contributed by atoms with E-state index in [-0.39, 0.29) is 0 Å². The van der Waals surface area contributed by atoms with Crippen molar-refractivity contribution in [2.75, 3.05) is 17.6 Å². The van der Waals surface area contributed by atoms with E-state index in [1.165, 1.54) is 19.3 Å². The van der Waals surface area contributed by atoms with E-state index < -0.39 is 0 Å². The summed E-state index contributed by atoms with van der Waals surface area (Å²) < 4.78 is 0. The van der Waals surface area contributed by atoms with E-state index in [0.717, 1.165) is 18.3 Å². The van der Waals surface area contributed by atoms with E-state index in [9.17, 15) is 0 Å². The molecule has 0 aliphatic heterocycles. The number of halogens is 1. The van der Waals surface area contributed by atoms with Crippen molar-refractivity contribution in [1.82, 2.24) is 4.98 Å². The monoisotopic (exact) mass is 211 g/mol. The zero-order valence-electron chi connectivity index (χ0n) is 7.96. The molecule has 0 bridgehead atoms. The van der Waals surface area contributed by atoms with Gasteiger partial charge in [-0.2, -0.15) is 0 Å². The molecule has 0 unspecified atom stereocenters. The summed E-state index contributed by atoms with van der Waals surface area (Å²) in [6, 6.07) is 1.72. The van der Waals surface area contributed by atoms with Crippen LogP contribution in [0.4, 0.5) is 11.5 Å². The first-order chi connectivity index (χ1) is 6.75. The summed E-state index contributed by atoms with van der Waals surface area (Å²) in [5.74, 6) is 1.67. The second-order valence-corrected chi connectivity index (χ2v) is 4.19. The van der Waals surface area contributed by atoms with Crippen molar-refractivity contribution >= 4 is 23.1 Å². The number of nitrogens with zero attached hydrogens (tertiary/aromatic N) is 1. The van der Waals surface area contributed by atoms with E-state index >= 15 is 0 Å². The van der Waals surface area contributed by atoms with E-state index in [0.29, 0.717) is 10.7 Å². The van der Waals surface area contributed by atoms with Crippen molar-refractivity contribution in [3.05, 3.63) is 17.3 Å². The van der Waals surface area contributed by atoms with Crippen LogP contribution in [0.15, 0.2) is 12.3 Å². The van der Waals surface area contributed by atoms with Crippen LogP contribution in [-0.2, 0) is 0 Å². The predicted octanol–water partition coefficient (Wildman–Crippen LogP) is 2.53. The molecule has 1 fully saturated rings. The largest absolute Gasteiger partial charge is 0.396 e. The fourth-order valence-corrected chi connectivity index (χ4v) is 1.57. The minimum atomic E-state index is 0.579. The third-order valence-corrected chi connectivity index (χ3v) is 2.63. The quantitative estimate of drug-likeness (QED) is 0.805. The lowest BCUT2D eigenvalue weighted by molar-refractivity contribution is 0.758. The topological polar surface area (TPSA) is 50.9 Å². The number of nitrogen functional groups attached to an aromatic ring is 1. The highest BCUT2D eigenvalue weighted by Crippen LogP contribution is 2.32. The van der Waals surface area contributed by atoms with Crippen LogP contribution in [0.3, 0.4) is 0 Å². The van der Waals surface area contributed by atoms with Crippen LogP contribution in [-0.4, -0.2) is 11.5 Å². The normalized spacial score (nSPS) is 15.5. The SMILES string of the molecule is Nc1cc(Cl)cnc1NCCC1CC1. The molecule has 1 aliphatic carbocycles. The molecule has 0 saturated heterocycles. The van der Waals surface area contributed by atoms with E-state index in [2.05, 4.69) is 10.3 Å². The molecule has 1 saturated carbocycles. The highest BCUT2D eigenvalue weighted by atomic mass is 35.5. The first-order valence-corrected chi connectivity index (χ1v) is 5.28. The molecule has 1 aliphatic rings. The molecule has 0 spiro atoms. The Hall–Kier alpha value is -0.960. The molecule has 0 aromatic carbocycles. The molecular formula is C10H14ClN3. The van der Waals surface area contributed by atoms with Gasteiger partial charge in [-0.25, -0.2) is 4.98 Å². The van der Waals surface area contributed by atoms with Crippen molar-refractivity contribution in [1.29, 1.82) is 0 Å². The van der Waals surface area contributed by atoms with Gasteiger partial charge in [0.25, 0.3) is 0 Å². The lowest BCUT2D eigenvalue weighted by Crippen LogP contribution is -2.06. The molecule has 0 radical (unpaired) electrons.